The fourth-order valence-electron chi connectivity index (χ4n) is 2.67. The Labute approximate surface area is 158 Å². The van der Waals surface area contributed by atoms with Gasteiger partial charge in [-0.1, -0.05) is 48.5 Å². The van der Waals surface area contributed by atoms with Crippen molar-refractivity contribution in [2.45, 2.75) is 24.3 Å². The van der Waals surface area contributed by atoms with E-state index in [1.165, 1.54) is 12.1 Å². The van der Waals surface area contributed by atoms with Crippen molar-refractivity contribution in [1.29, 1.82) is 0 Å². The van der Waals surface area contributed by atoms with Crippen LogP contribution in [0, 0.1) is 0 Å². The van der Waals surface area contributed by atoms with Gasteiger partial charge in [-0.05, 0) is 17.2 Å². The first-order valence-corrected chi connectivity index (χ1v) is 6.95. The van der Waals surface area contributed by atoms with E-state index >= 15 is 0 Å². The maximum absolute atomic E-state index is 12.8. The summed E-state index contributed by atoms with van der Waals surface area (Å²) < 4.78 is 43.7. The zero-order valence-electron chi connectivity index (χ0n) is 11.9. The van der Waals surface area contributed by atoms with E-state index in [2.05, 4.69) is 0 Å². The van der Waals surface area contributed by atoms with Crippen LogP contribution in [0.2, 0.25) is 0 Å². The Balaban J connectivity index is 0.00000208. The van der Waals surface area contributed by atoms with Crippen LogP contribution in [-0.2, 0) is 22.1 Å². The second-order valence-electron chi connectivity index (χ2n) is 5.48. The van der Waals surface area contributed by atoms with Gasteiger partial charge in [-0.3, -0.25) is 0 Å². The summed E-state index contributed by atoms with van der Waals surface area (Å²) in [4.78, 5) is 11.6. The van der Waals surface area contributed by atoms with Gasteiger partial charge in [-0.2, -0.15) is 13.2 Å². The zero-order chi connectivity index (χ0) is 16.7. The van der Waals surface area contributed by atoms with Crippen LogP contribution in [0.4, 0.5) is 13.2 Å². The molecule has 0 saturated carbocycles. The molecule has 1 N–H and O–H groups in total. The van der Waals surface area contributed by atoms with Crippen LogP contribution in [-0.4, -0.2) is 46.2 Å². The number of ether oxygens (including phenoxy) is 1. The van der Waals surface area contributed by atoms with Gasteiger partial charge in [-0.15, -0.1) is 0 Å². The van der Waals surface area contributed by atoms with Crippen molar-refractivity contribution in [1.82, 2.24) is 0 Å². The second-order valence-corrected chi connectivity index (χ2v) is 5.48. The number of rotatable bonds is 4. The van der Waals surface area contributed by atoms with E-state index in [0.29, 0.717) is 5.56 Å². The third kappa shape index (κ3) is 3.67. The van der Waals surface area contributed by atoms with Crippen molar-refractivity contribution in [3.05, 3.63) is 71.3 Å². The Kier molecular flexibility index (Phi) is 5.44. The van der Waals surface area contributed by atoms with Crippen LogP contribution in [0.15, 0.2) is 54.6 Å². The van der Waals surface area contributed by atoms with Crippen LogP contribution in [0.3, 0.4) is 0 Å². The Morgan fingerprint density at radius 1 is 1.12 bits per heavy atom. The summed E-state index contributed by atoms with van der Waals surface area (Å²) in [7, 11) is 0. The topological polar surface area (TPSA) is 49.8 Å². The molecule has 1 aliphatic rings. The first-order valence-electron chi connectivity index (χ1n) is 6.95. The molecular weight excluding hydrogens is 332 g/mol. The third-order valence-corrected chi connectivity index (χ3v) is 3.88. The molecule has 2 aromatic rings. The van der Waals surface area contributed by atoms with Crippen molar-refractivity contribution in [2.24, 2.45) is 0 Å². The average Bonchev–Trinajstić information content (AvgIpc) is 3.23. The van der Waals surface area contributed by atoms with E-state index in [0.717, 1.165) is 12.1 Å². The molecule has 1 saturated heterocycles. The van der Waals surface area contributed by atoms with Gasteiger partial charge in [0.05, 0.1) is 5.56 Å². The van der Waals surface area contributed by atoms with E-state index in [-0.39, 0.29) is 41.5 Å². The predicted octanol–water partition coefficient (Wildman–Crippen LogP) is 3.19. The maximum atomic E-state index is 12.8. The molecule has 0 amide bonds. The number of halogens is 3. The molecule has 0 aromatic heterocycles. The Morgan fingerprint density at radius 3 is 2.38 bits per heavy atom. The van der Waals surface area contributed by atoms with Crippen molar-refractivity contribution in [3.63, 3.8) is 0 Å². The van der Waals surface area contributed by atoms with Gasteiger partial charge < -0.3 is 9.84 Å². The molecule has 3 rings (SSSR count). The predicted molar refractivity (Wildman–Crippen MR) is 82.9 cm³/mol. The quantitative estimate of drug-likeness (QED) is 0.683. The molecular formula is C17H14F3NaO3. The standard InChI is InChI=1S/C17H13F3O3.Na.H/c18-17(19,20)13-8-4-5-11(9-13)10-16(15(21)22)14(23-16)12-6-2-1-3-7-12;;/h1-9,14H,10H2,(H,21,22);;. The van der Waals surface area contributed by atoms with Crippen molar-refractivity contribution in [3.8, 4) is 0 Å². The molecule has 0 aliphatic carbocycles. The van der Waals surface area contributed by atoms with Crippen LogP contribution in [0.25, 0.3) is 0 Å². The fraction of sp³-hybridized carbons (Fsp3) is 0.235. The summed E-state index contributed by atoms with van der Waals surface area (Å²) in [5.41, 5.74) is -1.33. The molecule has 1 aliphatic heterocycles. The van der Waals surface area contributed by atoms with E-state index in [4.69, 9.17) is 4.74 Å². The zero-order valence-corrected chi connectivity index (χ0v) is 11.9. The molecule has 0 bridgehead atoms. The summed E-state index contributed by atoms with van der Waals surface area (Å²) in [6, 6.07) is 13.5. The second kappa shape index (κ2) is 6.88. The number of hydrogen-bond acceptors (Lipinski definition) is 2. The Hall–Kier alpha value is -1.34. The van der Waals surface area contributed by atoms with Crippen molar-refractivity contribution < 1.29 is 27.8 Å². The molecule has 24 heavy (non-hydrogen) atoms. The number of carbonyl (C=O) groups is 1. The molecule has 0 spiro atoms. The summed E-state index contributed by atoms with van der Waals surface area (Å²) >= 11 is 0. The van der Waals surface area contributed by atoms with Gasteiger partial charge in [0.25, 0.3) is 0 Å². The minimum absolute atomic E-state index is 0. The molecule has 1 heterocycles. The summed E-state index contributed by atoms with van der Waals surface area (Å²) in [5.74, 6) is -1.18. The number of hydrogen-bond donors (Lipinski definition) is 1. The molecule has 0 radical (unpaired) electrons. The number of carboxylic acid groups (broad SMARTS) is 1. The normalized spacial score (nSPS) is 22.5. The number of carboxylic acids is 1. The van der Waals surface area contributed by atoms with Crippen LogP contribution in [0.1, 0.15) is 22.8 Å². The van der Waals surface area contributed by atoms with E-state index in [1.807, 2.05) is 0 Å². The summed E-state index contributed by atoms with van der Waals surface area (Å²) in [6.45, 7) is 0. The number of epoxide rings is 1. The van der Waals surface area contributed by atoms with Crippen LogP contribution >= 0.6 is 0 Å². The molecule has 2 atom stereocenters. The van der Waals surface area contributed by atoms with E-state index in [9.17, 15) is 23.1 Å². The average molecular weight is 346 g/mol. The van der Waals surface area contributed by atoms with Crippen LogP contribution in [0.5, 0.6) is 0 Å². The van der Waals surface area contributed by atoms with E-state index < -0.39 is 29.4 Å². The summed E-state index contributed by atoms with van der Waals surface area (Å²) in [6.07, 6.45) is -5.24. The van der Waals surface area contributed by atoms with E-state index in [1.54, 1.807) is 30.3 Å². The molecule has 1 fully saturated rings. The Morgan fingerprint density at radius 2 is 1.79 bits per heavy atom. The SMILES string of the molecule is O=C(O)C1(Cc2cccc(C(F)(F)F)c2)OC1c1ccccc1.[NaH]. The van der Waals surface area contributed by atoms with Gasteiger partial charge in [-0.25, -0.2) is 4.79 Å². The first kappa shape index (κ1) is 19.0. The van der Waals surface area contributed by atoms with Gasteiger partial charge in [0.2, 0.25) is 0 Å². The van der Waals surface area contributed by atoms with Crippen molar-refractivity contribution in [2.75, 3.05) is 0 Å². The third-order valence-electron chi connectivity index (χ3n) is 3.88. The number of benzene rings is 2. The minimum atomic E-state index is -4.46. The van der Waals surface area contributed by atoms with Crippen LogP contribution < -0.4 is 0 Å². The Bertz CT molecular complexity index is 733. The molecule has 2 aromatic carbocycles. The van der Waals surface area contributed by atoms with Gasteiger partial charge >= 0.3 is 41.7 Å². The molecule has 7 heteroatoms. The first-order chi connectivity index (χ1) is 10.8. The molecule has 2 unspecified atom stereocenters. The summed E-state index contributed by atoms with van der Waals surface area (Å²) in [5, 5.41) is 9.48. The number of alkyl halides is 3. The van der Waals surface area contributed by atoms with Gasteiger partial charge in [0, 0.05) is 6.42 Å². The molecule has 3 nitrogen and oxygen atoms in total. The fourth-order valence-corrected chi connectivity index (χ4v) is 2.67. The van der Waals surface area contributed by atoms with Crippen molar-refractivity contribution >= 4 is 35.5 Å². The molecule has 122 valence electrons. The monoisotopic (exact) mass is 346 g/mol. The van der Waals surface area contributed by atoms with Gasteiger partial charge in [0.15, 0.2) is 5.60 Å². The number of aliphatic carboxylic acids is 1. The van der Waals surface area contributed by atoms with Gasteiger partial charge in [0.1, 0.15) is 6.10 Å².